The van der Waals surface area contributed by atoms with Crippen LogP contribution >= 0.6 is 11.6 Å². The van der Waals surface area contributed by atoms with Crippen LogP contribution in [0.25, 0.3) is 0 Å². The molecule has 2 aromatic heterocycles. The fraction of sp³-hybridized carbons (Fsp3) is 0.0556. The maximum Gasteiger partial charge on any atom is 0.0907 e. The first-order valence-electron chi connectivity index (χ1n) is 6.94. The lowest BCUT2D eigenvalue weighted by Gasteiger charge is -2.06. The smallest absolute Gasteiger partial charge is 0.0907 e. The van der Waals surface area contributed by atoms with Crippen LogP contribution in [0.5, 0.6) is 0 Å². The van der Waals surface area contributed by atoms with Crippen molar-refractivity contribution >= 4 is 17.3 Å². The molecule has 0 atom stereocenters. The molecular weight excluding hydrogens is 294 g/mol. The molecule has 4 heteroatoms. The Morgan fingerprint density at radius 2 is 1.73 bits per heavy atom. The third kappa shape index (κ3) is 3.57. The first-order valence-corrected chi connectivity index (χ1v) is 7.32. The van der Waals surface area contributed by atoms with Gasteiger partial charge in [-0.15, -0.1) is 0 Å². The van der Waals surface area contributed by atoms with E-state index >= 15 is 0 Å². The molecule has 0 aliphatic carbocycles. The van der Waals surface area contributed by atoms with Gasteiger partial charge in [-0.25, -0.2) is 0 Å². The van der Waals surface area contributed by atoms with E-state index in [1.807, 2.05) is 60.7 Å². The Hall–Kier alpha value is -2.52. The molecule has 22 heavy (non-hydrogen) atoms. The van der Waals surface area contributed by atoms with Crippen LogP contribution in [-0.2, 0) is 6.54 Å². The summed E-state index contributed by atoms with van der Waals surface area (Å²) in [5, 5.41) is 0.626. The molecule has 0 aliphatic heterocycles. The van der Waals surface area contributed by atoms with E-state index in [0.29, 0.717) is 11.6 Å². The van der Waals surface area contributed by atoms with Gasteiger partial charge < -0.3 is 0 Å². The molecule has 0 unspecified atom stereocenters. The minimum Gasteiger partial charge on any atom is -0.276 e. The first-order chi connectivity index (χ1) is 10.8. The van der Waals surface area contributed by atoms with Gasteiger partial charge >= 0.3 is 0 Å². The molecule has 1 aromatic carbocycles. The Labute approximate surface area is 134 Å². The van der Waals surface area contributed by atoms with Crippen molar-refractivity contribution in [2.75, 3.05) is 0 Å². The van der Waals surface area contributed by atoms with Crippen LogP contribution < -0.4 is 0 Å². The Morgan fingerprint density at radius 1 is 0.909 bits per heavy atom. The van der Waals surface area contributed by atoms with E-state index in [0.717, 1.165) is 22.7 Å². The number of hydrogen-bond donors (Lipinski definition) is 0. The number of pyridine rings is 2. The highest BCUT2D eigenvalue weighted by Crippen LogP contribution is 2.11. The number of hydrogen-bond acceptors (Lipinski definition) is 3. The number of aromatic nitrogens is 2. The summed E-state index contributed by atoms with van der Waals surface area (Å²) in [6, 6.07) is 19.6. The highest BCUT2D eigenvalue weighted by Gasteiger charge is 2.07. The van der Waals surface area contributed by atoms with E-state index < -0.39 is 0 Å². The molecule has 0 saturated carbocycles. The molecule has 0 aliphatic rings. The van der Waals surface area contributed by atoms with Gasteiger partial charge in [-0.05, 0) is 24.3 Å². The van der Waals surface area contributed by atoms with Crippen LogP contribution in [0.2, 0.25) is 5.02 Å². The molecule has 0 amide bonds. The van der Waals surface area contributed by atoms with E-state index in [2.05, 4.69) is 9.97 Å². The second kappa shape index (κ2) is 6.96. The zero-order valence-corrected chi connectivity index (χ0v) is 12.6. The van der Waals surface area contributed by atoms with E-state index in [1.54, 1.807) is 12.4 Å². The number of benzene rings is 1. The third-order valence-corrected chi connectivity index (χ3v) is 3.37. The van der Waals surface area contributed by atoms with E-state index in [1.165, 1.54) is 0 Å². The van der Waals surface area contributed by atoms with Gasteiger partial charge in [0.15, 0.2) is 0 Å². The lowest BCUT2D eigenvalue weighted by Crippen LogP contribution is -2.06. The van der Waals surface area contributed by atoms with Gasteiger partial charge in [0.2, 0.25) is 0 Å². The summed E-state index contributed by atoms with van der Waals surface area (Å²) in [6.07, 6.45) is 3.41. The maximum atomic E-state index is 5.86. The molecule has 3 rings (SSSR count). The van der Waals surface area contributed by atoms with Crippen LogP contribution in [-0.4, -0.2) is 15.7 Å². The van der Waals surface area contributed by atoms with Crippen molar-refractivity contribution in [1.29, 1.82) is 0 Å². The molecule has 0 spiro atoms. The highest BCUT2D eigenvalue weighted by atomic mass is 35.5. The first kappa shape index (κ1) is 14.4. The minimum absolute atomic E-state index is 0.484. The normalized spacial score (nSPS) is 11.4. The molecule has 0 radical (unpaired) electrons. The zero-order chi connectivity index (χ0) is 15.2. The van der Waals surface area contributed by atoms with E-state index in [4.69, 9.17) is 16.6 Å². The van der Waals surface area contributed by atoms with Gasteiger partial charge in [-0.3, -0.25) is 15.0 Å². The number of aliphatic imine (C=N–C) groups is 1. The van der Waals surface area contributed by atoms with Crippen molar-refractivity contribution < 1.29 is 0 Å². The molecule has 3 nitrogen and oxygen atoms in total. The van der Waals surface area contributed by atoms with Crippen molar-refractivity contribution in [1.82, 2.24) is 9.97 Å². The monoisotopic (exact) mass is 307 g/mol. The summed E-state index contributed by atoms with van der Waals surface area (Å²) < 4.78 is 0. The van der Waals surface area contributed by atoms with Crippen LogP contribution in [0.4, 0.5) is 0 Å². The van der Waals surface area contributed by atoms with Crippen LogP contribution in [0.15, 0.2) is 78.0 Å². The SMILES string of the molecule is Clc1ccc(CN=C(c2ccccc2)c2ccccn2)nc1. The summed E-state index contributed by atoms with van der Waals surface area (Å²) in [7, 11) is 0. The van der Waals surface area contributed by atoms with Crippen LogP contribution in [0.1, 0.15) is 17.0 Å². The predicted octanol–water partition coefficient (Wildman–Crippen LogP) is 4.17. The summed E-state index contributed by atoms with van der Waals surface area (Å²) in [5.41, 5.74) is 3.62. The Balaban J connectivity index is 1.95. The van der Waals surface area contributed by atoms with Crippen molar-refractivity contribution in [3.8, 4) is 0 Å². The van der Waals surface area contributed by atoms with Crippen molar-refractivity contribution in [2.24, 2.45) is 4.99 Å². The van der Waals surface area contributed by atoms with Gasteiger partial charge in [0.1, 0.15) is 0 Å². The van der Waals surface area contributed by atoms with Gasteiger partial charge in [0, 0.05) is 18.0 Å². The molecule has 0 fully saturated rings. The summed E-state index contributed by atoms with van der Waals surface area (Å²) in [6.45, 7) is 0.484. The quantitative estimate of drug-likeness (QED) is 0.679. The fourth-order valence-electron chi connectivity index (χ4n) is 2.08. The summed E-state index contributed by atoms with van der Waals surface area (Å²) >= 11 is 5.86. The lowest BCUT2D eigenvalue weighted by atomic mass is 10.1. The lowest BCUT2D eigenvalue weighted by molar-refractivity contribution is 0.988. The number of rotatable bonds is 4. The topological polar surface area (TPSA) is 38.1 Å². The minimum atomic E-state index is 0.484. The van der Waals surface area contributed by atoms with Gasteiger partial charge in [-0.1, -0.05) is 48.0 Å². The predicted molar refractivity (Wildman–Crippen MR) is 89.3 cm³/mol. The van der Waals surface area contributed by atoms with Gasteiger partial charge in [-0.2, -0.15) is 0 Å². The molecule has 0 saturated heterocycles. The van der Waals surface area contributed by atoms with Crippen molar-refractivity contribution in [3.63, 3.8) is 0 Å². The third-order valence-electron chi connectivity index (χ3n) is 3.14. The second-order valence-corrected chi connectivity index (χ2v) is 5.15. The molecule has 3 aromatic rings. The molecule has 0 bridgehead atoms. The Morgan fingerprint density at radius 3 is 2.41 bits per heavy atom. The molecule has 108 valence electrons. The molecule has 0 N–H and O–H groups in total. The van der Waals surface area contributed by atoms with Crippen LogP contribution in [0.3, 0.4) is 0 Å². The zero-order valence-electron chi connectivity index (χ0n) is 11.9. The Bertz CT molecular complexity index is 712. The summed E-state index contributed by atoms with van der Waals surface area (Å²) in [5.74, 6) is 0. The number of nitrogens with zero attached hydrogens (tertiary/aromatic N) is 3. The standard InChI is InChI=1S/C18H14ClN3/c19-15-9-10-16(21-12-15)13-22-18(14-6-2-1-3-7-14)17-8-4-5-11-20-17/h1-12H,13H2. The van der Waals surface area contributed by atoms with E-state index in [-0.39, 0.29) is 0 Å². The average Bonchev–Trinajstić information content (AvgIpc) is 2.59. The fourth-order valence-corrected chi connectivity index (χ4v) is 2.19. The van der Waals surface area contributed by atoms with E-state index in [9.17, 15) is 0 Å². The number of halogens is 1. The van der Waals surface area contributed by atoms with Crippen molar-refractivity contribution in [2.45, 2.75) is 6.54 Å². The molecule has 2 heterocycles. The molecular formula is C18H14ClN3. The van der Waals surface area contributed by atoms with Gasteiger partial charge in [0.05, 0.1) is 28.7 Å². The largest absolute Gasteiger partial charge is 0.276 e. The average molecular weight is 308 g/mol. The van der Waals surface area contributed by atoms with Gasteiger partial charge in [0.25, 0.3) is 0 Å². The Kier molecular flexibility index (Phi) is 4.56. The second-order valence-electron chi connectivity index (χ2n) is 4.71. The highest BCUT2D eigenvalue weighted by molar-refractivity contribution is 6.30. The van der Waals surface area contributed by atoms with Crippen LogP contribution in [0, 0.1) is 0 Å². The summed E-state index contributed by atoms with van der Waals surface area (Å²) in [4.78, 5) is 13.4. The maximum absolute atomic E-state index is 5.86. The van der Waals surface area contributed by atoms with Crippen molar-refractivity contribution in [3.05, 3.63) is 95.0 Å².